The van der Waals surface area contributed by atoms with E-state index in [1.165, 1.54) is 20.2 Å². The van der Waals surface area contributed by atoms with Crippen molar-refractivity contribution >= 4 is 23.8 Å². The molecule has 0 spiro atoms. The lowest BCUT2D eigenvalue weighted by molar-refractivity contribution is -0.234. The molecule has 0 saturated heterocycles. The maximum absolute atomic E-state index is 14.4. The highest BCUT2D eigenvalue weighted by Crippen LogP contribution is 2.74. The summed E-state index contributed by atoms with van der Waals surface area (Å²) in [4.78, 5) is 59.3. The van der Waals surface area contributed by atoms with Crippen LogP contribution in [0.5, 0.6) is 0 Å². The largest absolute Gasteiger partial charge is 0.480 e. The molecule has 3 unspecified atom stereocenters. The van der Waals surface area contributed by atoms with Gasteiger partial charge in [-0.05, 0) is 118 Å². The fraction of sp³-hybridized carbons (Fsp3) is 0.725. The van der Waals surface area contributed by atoms with E-state index in [-0.39, 0.29) is 47.0 Å². The number of carbonyl (C=O) groups excluding carboxylic acids is 3. The van der Waals surface area contributed by atoms with E-state index >= 15 is 0 Å². The molecule has 0 aromatic carbocycles. The molecule has 0 radical (unpaired) electrons. The first-order valence-electron chi connectivity index (χ1n) is 19.0. The van der Waals surface area contributed by atoms with E-state index in [9.17, 15) is 34.5 Å². The summed E-state index contributed by atoms with van der Waals surface area (Å²) >= 11 is 0. The van der Waals surface area contributed by atoms with Crippen LogP contribution in [0.15, 0.2) is 35.3 Å². The fourth-order valence-electron chi connectivity index (χ4n) is 11.3. The molecule has 12 nitrogen and oxygen atoms in total. The van der Waals surface area contributed by atoms with Gasteiger partial charge in [-0.3, -0.25) is 14.4 Å². The van der Waals surface area contributed by atoms with Crippen LogP contribution in [-0.4, -0.2) is 79.4 Å². The average Bonchev–Trinajstić information content (AvgIpc) is 3.66. The summed E-state index contributed by atoms with van der Waals surface area (Å²) in [5.41, 5.74) is 1.75. The second kappa shape index (κ2) is 15.1. The number of aliphatic hydroxyl groups is 2. The molecule has 52 heavy (non-hydrogen) atoms. The van der Waals surface area contributed by atoms with Crippen LogP contribution in [0.2, 0.25) is 0 Å². The first-order chi connectivity index (χ1) is 24.3. The summed E-state index contributed by atoms with van der Waals surface area (Å²) in [6.45, 7) is 15.8. The number of aromatic amines is 1. The van der Waals surface area contributed by atoms with Crippen LogP contribution in [0.4, 0.5) is 0 Å². The van der Waals surface area contributed by atoms with Crippen molar-refractivity contribution in [3.05, 3.63) is 41.0 Å². The number of H-pyrrole nitrogens is 1. The highest BCUT2D eigenvalue weighted by Gasteiger charge is 2.70. The molecule has 4 saturated carbocycles. The molecule has 6 N–H and O–H groups in total. The van der Waals surface area contributed by atoms with Gasteiger partial charge in [0.05, 0.1) is 24.2 Å². The predicted octanol–water partition coefficient (Wildman–Crippen LogP) is 4.62. The number of hydrogen-bond acceptors (Lipinski definition) is 8. The number of carboxylic acid groups (broad SMARTS) is 1. The van der Waals surface area contributed by atoms with Crippen molar-refractivity contribution in [3.63, 3.8) is 0 Å². The number of aliphatic carboxylic acids is 1. The van der Waals surface area contributed by atoms with Gasteiger partial charge in [0.15, 0.2) is 0 Å². The zero-order valence-corrected chi connectivity index (χ0v) is 32.1. The number of ether oxygens (including phenoxy) is 1. The van der Waals surface area contributed by atoms with Gasteiger partial charge in [-0.25, -0.2) is 9.78 Å². The van der Waals surface area contributed by atoms with Gasteiger partial charge in [0, 0.05) is 25.1 Å². The minimum atomic E-state index is -1.25. The second-order valence-electron chi connectivity index (χ2n) is 17.2. The van der Waals surface area contributed by atoms with Crippen LogP contribution in [0, 0.1) is 39.9 Å². The van der Waals surface area contributed by atoms with E-state index in [0.29, 0.717) is 48.9 Å². The molecule has 12 heteroatoms. The van der Waals surface area contributed by atoms with E-state index in [1.54, 1.807) is 6.20 Å². The molecular formula is C40H60N4O8. The van der Waals surface area contributed by atoms with Crippen molar-refractivity contribution < 1.29 is 39.2 Å². The number of hydrogen-bond donors (Lipinski definition) is 6. The van der Waals surface area contributed by atoms with Gasteiger partial charge in [-0.2, -0.15) is 0 Å². The molecule has 0 bridgehead atoms. The van der Waals surface area contributed by atoms with E-state index in [4.69, 9.17) is 4.74 Å². The van der Waals surface area contributed by atoms with Gasteiger partial charge < -0.3 is 35.7 Å². The van der Waals surface area contributed by atoms with Crippen LogP contribution >= 0.6 is 0 Å². The van der Waals surface area contributed by atoms with Crippen LogP contribution in [0.25, 0.3) is 0 Å². The van der Waals surface area contributed by atoms with Crippen LogP contribution in [0.3, 0.4) is 0 Å². The minimum absolute atomic E-state index is 0.0328. The zero-order chi connectivity index (χ0) is 38.3. The Labute approximate surface area is 307 Å². The number of esters is 1. The average molecular weight is 725 g/mol. The Morgan fingerprint density at radius 2 is 1.77 bits per heavy atom. The first kappa shape index (κ1) is 39.7. The number of rotatable bonds is 11. The lowest BCUT2D eigenvalue weighted by Gasteiger charge is -2.69. The van der Waals surface area contributed by atoms with Crippen LogP contribution in [0.1, 0.15) is 112 Å². The quantitative estimate of drug-likeness (QED) is 0.107. The normalized spacial score (nSPS) is 37.3. The molecule has 4 aliphatic rings. The number of aromatic nitrogens is 2. The molecule has 0 aliphatic heterocycles. The van der Waals surface area contributed by atoms with Crippen molar-refractivity contribution in [2.24, 2.45) is 39.9 Å². The number of aliphatic hydroxyl groups excluding tert-OH is 2. The van der Waals surface area contributed by atoms with Crippen LogP contribution < -0.4 is 10.6 Å². The number of carboxylic acids is 1. The minimum Gasteiger partial charge on any atom is -0.480 e. The molecular weight excluding hydrogens is 664 g/mol. The summed E-state index contributed by atoms with van der Waals surface area (Å²) in [5, 5.41) is 38.3. The van der Waals surface area contributed by atoms with E-state index in [2.05, 4.69) is 48.3 Å². The molecule has 1 aromatic rings. The zero-order valence-electron chi connectivity index (χ0n) is 32.1. The first-order valence-corrected chi connectivity index (χ1v) is 19.0. The third-order valence-corrected chi connectivity index (χ3v) is 13.9. The van der Waals surface area contributed by atoms with Crippen molar-refractivity contribution in [1.29, 1.82) is 0 Å². The summed E-state index contributed by atoms with van der Waals surface area (Å²) in [6, 6.07) is -2.33. The van der Waals surface area contributed by atoms with Gasteiger partial charge in [0.2, 0.25) is 11.8 Å². The second-order valence-corrected chi connectivity index (χ2v) is 17.2. The van der Waals surface area contributed by atoms with Gasteiger partial charge in [0.1, 0.15) is 18.2 Å². The third-order valence-electron chi connectivity index (χ3n) is 13.9. The number of nitrogens with zero attached hydrogens (tertiary/aromatic N) is 1. The molecule has 288 valence electrons. The van der Waals surface area contributed by atoms with Crippen molar-refractivity contribution in [2.45, 2.75) is 144 Å². The van der Waals surface area contributed by atoms with E-state index in [0.717, 1.165) is 24.8 Å². The molecule has 4 fully saturated rings. The molecule has 5 rings (SSSR count). The maximum atomic E-state index is 14.4. The van der Waals surface area contributed by atoms with E-state index < -0.39 is 53.5 Å². The number of nitrogens with one attached hydrogen (secondary N) is 3. The molecule has 1 aromatic heterocycles. The fourth-order valence-corrected chi connectivity index (χ4v) is 11.3. The number of allylic oxidation sites excluding steroid dienone is 2. The molecule has 4 aliphatic carbocycles. The lowest BCUT2D eigenvalue weighted by atomic mass is 9.36. The summed E-state index contributed by atoms with van der Waals surface area (Å²) < 4.78 is 6.08. The summed E-state index contributed by atoms with van der Waals surface area (Å²) in [5.74, 6) is -2.70. The van der Waals surface area contributed by atoms with Gasteiger partial charge in [-0.15, -0.1) is 0 Å². The lowest BCUT2D eigenvalue weighted by Crippen LogP contribution is -2.65. The predicted molar refractivity (Wildman–Crippen MR) is 194 cm³/mol. The third kappa shape index (κ3) is 7.21. The Kier molecular flexibility index (Phi) is 11.5. The monoisotopic (exact) mass is 724 g/mol. The van der Waals surface area contributed by atoms with Crippen molar-refractivity contribution in [3.8, 4) is 0 Å². The molecule has 2 amide bonds. The number of fused-ring (bicyclic) bond motifs is 5. The van der Waals surface area contributed by atoms with Gasteiger partial charge in [-0.1, -0.05) is 39.3 Å². The Morgan fingerprint density at radius 1 is 1.06 bits per heavy atom. The highest BCUT2D eigenvalue weighted by atomic mass is 16.5. The highest BCUT2D eigenvalue weighted by molar-refractivity contribution is 5.98. The Balaban J connectivity index is 1.51. The Morgan fingerprint density at radius 3 is 2.38 bits per heavy atom. The Hall–Kier alpha value is -3.51. The SMILES string of the molecule is CC(=O)O[C@H]1C[C@@]2(C)C(C[C@@H](O)[C@H]3[C@@]4(C)CC[C@@H](O)[C@@H](C)[C@@H]4CC[C@@]32C)/C1=C(\CCC=C(C)C)C(=O)NC(C)C(=O)NC(Cc1c[nH]cn1)C(=O)O. The Bertz CT molecular complexity index is 1580. The molecule has 1 heterocycles. The molecule has 12 atom stereocenters. The topological polar surface area (TPSA) is 191 Å². The maximum Gasteiger partial charge on any atom is 0.326 e. The van der Waals surface area contributed by atoms with Gasteiger partial charge in [0.25, 0.3) is 0 Å². The number of carbonyl (C=O) groups is 4. The van der Waals surface area contributed by atoms with Crippen molar-refractivity contribution in [1.82, 2.24) is 20.6 Å². The standard InChI is InChI=1S/C40H60N4O8/c1-21(2)10-9-11-26(36(49)43-23(4)35(48)44-29(37(50)51)16-25-19-41-20-42-25)33-28-17-31(47)34-38(6)14-13-30(46)22(3)27(38)12-15-39(34,7)40(28,8)18-32(33)52-24(5)45/h10,19-20,22-23,27-32,34,46-47H,9,11-18H2,1-8H3,(H,41,42)(H,43,49)(H,44,48)(H,50,51)/b33-26-/t22-,23?,27-,28?,29?,30+,31+,32-,34-,38-,39-,40-/m0/s1. The van der Waals surface area contributed by atoms with Gasteiger partial charge >= 0.3 is 11.9 Å². The summed E-state index contributed by atoms with van der Waals surface area (Å²) in [7, 11) is 0. The van der Waals surface area contributed by atoms with Crippen molar-refractivity contribution in [2.75, 3.05) is 0 Å². The van der Waals surface area contributed by atoms with E-state index in [1.807, 2.05) is 19.9 Å². The number of imidazole rings is 1. The number of amides is 2. The summed E-state index contributed by atoms with van der Waals surface area (Å²) in [6.07, 6.45) is 8.38. The smallest absolute Gasteiger partial charge is 0.326 e. The van der Waals surface area contributed by atoms with Crippen LogP contribution in [-0.2, 0) is 30.3 Å².